The fourth-order valence-corrected chi connectivity index (χ4v) is 1.47. The van der Waals surface area contributed by atoms with Crippen molar-refractivity contribution in [1.82, 2.24) is 0 Å². The van der Waals surface area contributed by atoms with Crippen LogP contribution < -0.4 is 0 Å². The SMILES string of the molecule is CCOC(=O)C1CCC(O)C1O. The maximum Gasteiger partial charge on any atom is 0.311 e. The average Bonchev–Trinajstić information content (AvgIpc) is 2.34. The highest BCUT2D eigenvalue weighted by Crippen LogP contribution is 2.26. The maximum absolute atomic E-state index is 11.1. The normalized spacial score (nSPS) is 35.1. The van der Waals surface area contributed by atoms with Gasteiger partial charge in [-0.25, -0.2) is 0 Å². The third-order valence-corrected chi connectivity index (χ3v) is 2.17. The van der Waals surface area contributed by atoms with Crippen LogP contribution >= 0.6 is 0 Å². The van der Waals surface area contributed by atoms with Gasteiger partial charge in [0.1, 0.15) is 0 Å². The Labute approximate surface area is 71.2 Å². The number of rotatable bonds is 2. The van der Waals surface area contributed by atoms with Gasteiger partial charge >= 0.3 is 5.97 Å². The van der Waals surface area contributed by atoms with Gasteiger partial charge in [-0.05, 0) is 19.8 Å². The van der Waals surface area contributed by atoms with Crippen molar-refractivity contribution in [3.8, 4) is 0 Å². The summed E-state index contributed by atoms with van der Waals surface area (Å²) >= 11 is 0. The van der Waals surface area contributed by atoms with Crippen molar-refractivity contribution in [3.05, 3.63) is 0 Å². The molecule has 0 saturated heterocycles. The molecule has 1 saturated carbocycles. The molecule has 4 heteroatoms. The summed E-state index contributed by atoms with van der Waals surface area (Å²) in [4.78, 5) is 11.1. The minimum absolute atomic E-state index is 0.318. The van der Waals surface area contributed by atoms with Crippen LogP contribution in [0.25, 0.3) is 0 Å². The molecule has 1 fully saturated rings. The van der Waals surface area contributed by atoms with Crippen molar-refractivity contribution in [2.24, 2.45) is 5.92 Å². The van der Waals surface area contributed by atoms with Crippen LogP contribution in [0.4, 0.5) is 0 Å². The third kappa shape index (κ3) is 1.76. The molecule has 0 bridgehead atoms. The number of carbonyl (C=O) groups is 1. The lowest BCUT2D eigenvalue weighted by atomic mass is 10.1. The first kappa shape index (κ1) is 9.48. The molecule has 1 aliphatic carbocycles. The third-order valence-electron chi connectivity index (χ3n) is 2.17. The van der Waals surface area contributed by atoms with E-state index in [1.54, 1.807) is 6.92 Å². The highest BCUT2D eigenvalue weighted by atomic mass is 16.5. The van der Waals surface area contributed by atoms with E-state index in [1.165, 1.54) is 0 Å². The molecule has 4 nitrogen and oxygen atoms in total. The summed E-state index contributed by atoms with van der Waals surface area (Å²) in [6.45, 7) is 2.04. The molecule has 0 radical (unpaired) electrons. The second kappa shape index (κ2) is 3.87. The van der Waals surface area contributed by atoms with E-state index in [2.05, 4.69) is 0 Å². The quantitative estimate of drug-likeness (QED) is 0.563. The summed E-state index contributed by atoms with van der Waals surface area (Å²) in [5, 5.41) is 18.4. The van der Waals surface area contributed by atoms with E-state index in [-0.39, 0.29) is 0 Å². The topological polar surface area (TPSA) is 66.8 Å². The molecule has 1 rings (SSSR count). The molecular weight excluding hydrogens is 160 g/mol. The molecule has 1 aliphatic rings. The number of aliphatic hydroxyl groups is 2. The van der Waals surface area contributed by atoms with Crippen LogP contribution in [0.3, 0.4) is 0 Å². The van der Waals surface area contributed by atoms with Crippen molar-refractivity contribution >= 4 is 5.97 Å². The first-order chi connectivity index (χ1) is 5.66. The molecule has 0 aromatic carbocycles. The summed E-state index contributed by atoms with van der Waals surface area (Å²) in [5.41, 5.74) is 0. The number of esters is 1. The fourth-order valence-electron chi connectivity index (χ4n) is 1.47. The molecule has 3 unspecified atom stereocenters. The Morgan fingerprint density at radius 2 is 2.17 bits per heavy atom. The molecule has 0 spiro atoms. The molecule has 0 heterocycles. The predicted molar refractivity (Wildman–Crippen MR) is 41.4 cm³/mol. The predicted octanol–water partition coefficient (Wildman–Crippen LogP) is -0.319. The molecular formula is C8H14O4. The Kier molecular flexibility index (Phi) is 3.05. The van der Waals surface area contributed by atoms with Gasteiger partial charge in [-0.3, -0.25) is 4.79 Å². The van der Waals surface area contributed by atoms with Gasteiger partial charge < -0.3 is 14.9 Å². The van der Waals surface area contributed by atoms with E-state index in [4.69, 9.17) is 9.84 Å². The zero-order valence-corrected chi connectivity index (χ0v) is 7.06. The van der Waals surface area contributed by atoms with Gasteiger partial charge in [0.15, 0.2) is 0 Å². The van der Waals surface area contributed by atoms with Crippen LogP contribution in [0.1, 0.15) is 19.8 Å². The summed E-state index contributed by atoms with van der Waals surface area (Å²) in [7, 11) is 0. The lowest BCUT2D eigenvalue weighted by molar-refractivity contribution is -0.152. The Morgan fingerprint density at radius 3 is 2.58 bits per heavy atom. The van der Waals surface area contributed by atoms with Gasteiger partial charge in [0.25, 0.3) is 0 Å². The van der Waals surface area contributed by atoms with Crippen molar-refractivity contribution in [2.45, 2.75) is 32.0 Å². The van der Waals surface area contributed by atoms with Gasteiger partial charge in [-0.1, -0.05) is 0 Å². The van der Waals surface area contributed by atoms with Crippen LogP contribution in [-0.4, -0.2) is 35.0 Å². The van der Waals surface area contributed by atoms with Gasteiger partial charge in [0.2, 0.25) is 0 Å². The van der Waals surface area contributed by atoms with Crippen molar-refractivity contribution in [3.63, 3.8) is 0 Å². The monoisotopic (exact) mass is 174 g/mol. The van der Waals surface area contributed by atoms with Crippen LogP contribution in [0.2, 0.25) is 0 Å². The summed E-state index contributed by atoms with van der Waals surface area (Å²) < 4.78 is 4.73. The second-order valence-corrected chi connectivity index (χ2v) is 2.99. The van der Waals surface area contributed by atoms with Crippen LogP contribution in [0.5, 0.6) is 0 Å². The highest BCUT2D eigenvalue weighted by molar-refractivity contribution is 5.73. The largest absolute Gasteiger partial charge is 0.466 e. The molecule has 70 valence electrons. The van der Waals surface area contributed by atoms with E-state index >= 15 is 0 Å². The van der Waals surface area contributed by atoms with E-state index in [0.717, 1.165) is 0 Å². The summed E-state index contributed by atoms with van der Waals surface area (Å²) in [6.07, 6.45) is -0.713. The summed E-state index contributed by atoms with van der Waals surface area (Å²) in [6, 6.07) is 0. The standard InChI is InChI=1S/C8H14O4/c1-2-12-8(11)5-3-4-6(9)7(5)10/h5-7,9-10H,2-4H2,1H3. The maximum atomic E-state index is 11.1. The molecule has 0 aliphatic heterocycles. The molecule has 0 aromatic rings. The Morgan fingerprint density at radius 1 is 1.50 bits per heavy atom. The number of hydrogen-bond donors (Lipinski definition) is 2. The number of aliphatic hydroxyl groups excluding tert-OH is 2. The molecule has 3 atom stereocenters. The van der Waals surface area contributed by atoms with E-state index < -0.39 is 24.1 Å². The van der Waals surface area contributed by atoms with E-state index in [0.29, 0.717) is 19.4 Å². The fraction of sp³-hybridized carbons (Fsp3) is 0.875. The smallest absolute Gasteiger partial charge is 0.311 e. The zero-order valence-electron chi connectivity index (χ0n) is 7.06. The van der Waals surface area contributed by atoms with Crippen molar-refractivity contribution in [2.75, 3.05) is 6.61 Å². The molecule has 0 amide bonds. The zero-order chi connectivity index (χ0) is 9.14. The molecule has 0 aromatic heterocycles. The Hall–Kier alpha value is -0.610. The van der Waals surface area contributed by atoms with Crippen LogP contribution in [0.15, 0.2) is 0 Å². The van der Waals surface area contributed by atoms with E-state index in [1.807, 2.05) is 0 Å². The van der Waals surface area contributed by atoms with Crippen LogP contribution in [-0.2, 0) is 9.53 Å². The minimum Gasteiger partial charge on any atom is -0.466 e. The number of ether oxygens (including phenoxy) is 1. The average molecular weight is 174 g/mol. The minimum atomic E-state index is -0.941. The van der Waals surface area contributed by atoms with Crippen LogP contribution in [0, 0.1) is 5.92 Å². The Balaban J connectivity index is 2.47. The first-order valence-corrected chi connectivity index (χ1v) is 4.19. The lowest BCUT2D eigenvalue weighted by Gasteiger charge is -2.14. The van der Waals surface area contributed by atoms with Gasteiger partial charge in [0.05, 0.1) is 24.7 Å². The molecule has 2 N–H and O–H groups in total. The molecule has 12 heavy (non-hydrogen) atoms. The highest BCUT2D eigenvalue weighted by Gasteiger charge is 2.38. The second-order valence-electron chi connectivity index (χ2n) is 2.99. The van der Waals surface area contributed by atoms with E-state index in [9.17, 15) is 9.90 Å². The van der Waals surface area contributed by atoms with Gasteiger partial charge in [0, 0.05) is 0 Å². The van der Waals surface area contributed by atoms with Crippen molar-refractivity contribution in [1.29, 1.82) is 0 Å². The number of carbonyl (C=O) groups excluding carboxylic acids is 1. The first-order valence-electron chi connectivity index (χ1n) is 4.19. The Bertz CT molecular complexity index is 168. The number of hydrogen-bond acceptors (Lipinski definition) is 4. The summed E-state index contributed by atoms with van der Waals surface area (Å²) in [5.74, 6) is -0.929. The van der Waals surface area contributed by atoms with Crippen molar-refractivity contribution < 1.29 is 19.7 Å². The van der Waals surface area contributed by atoms with Gasteiger partial charge in [-0.2, -0.15) is 0 Å². The lowest BCUT2D eigenvalue weighted by Crippen LogP contribution is -2.31. The van der Waals surface area contributed by atoms with Gasteiger partial charge in [-0.15, -0.1) is 0 Å².